The lowest BCUT2D eigenvalue weighted by Gasteiger charge is -2.17. The van der Waals surface area contributed by atoms with Crippen molar-refractivity contribution >= 4 is 34.8 Å². The van der Waals surface area contributed by atoms with Crippen molar-refractivity contribution in [3.8, 4) is 6.07 Å². The maximum atomic E-state index is 9.21. The Hall–Kier alpha value is -4.04. The van der Waals surface area contributed by atoms with E-state index in [1.807, 2.05) is 26.8 Å². The molecular formula is C21H26N10O. The Kier molecular flexibility index (Phi) is 7.30. The van der Waals surface area contributed by atoms with Gasteiger partial charge in [-0.15, -0.1) is 10.2 Å². The first-order chi connectivity index (χ1) is 15.5. The Labute approximate surface area is 186 Å². The zero-order chi connectivity index (χ0) is 23.1. The van der Waals surface area contributed by atoms with Crippen LogP contribution in [0.3, 0.4) is 0 Å². The van der Waals surface area contributed by atoms with Gasteiger partial charge in [0.15, 0.2) is 23.1 Å². The van der Waals surface area contributed by atoms with Crippen molar-refractivity contribution in [3.63, 3.8) is 0 Å². The van der Waals surface area contributed by atoms with Gasteiger partial charge in [-0.2, -0.15) is 20.3 Å². The van der Waals surface area contributed by atoms with E-state index in [0.29, 0.717) is 36.2 Å². The molecule has 0 bridgehead atoms. The fraction of sp³-hybridized carbons (Fsp3) is 0.333. The Morgan fingerprint density at radius 2 is 1.84 bits per heavy atom. The van der Waals surface area contributed by atoms with Crippen LogP contribution in [-0.2, 0) is 0 Å². The maximum Gasteiger partial charge on any atom is 0.226 e. The second-order valence-electron chi connectivity index (χ2n) is 7.19. The summed E-state index contributed by atoms with van der Waals surface area (Å²) in [6.45, 7) is 6.62. The summed E-state index contributed by atoms with van der Waals surface area (Å²) < 4.78 is 0. The Balaban J connectivity index is 2.11. The monoisotopic (exact) mass is 434 g/mol. The summed E-state index contributed by atoms with van der Waals surface area (Å²) in [5, 5.41) is 42.9. The predicted molar refractivity (Wildman–Crippen MR) is 123 cm³/mol. The number of hydrogen-bond donors (Lipinski definition) is 5. The van der Waals surface area contributed by atoms with Gasteiger partial charge >= 0.3 is 0 Å². The first kappa shape index (κ1) is 22.6. The third-order valence-electron chi connectivity index (χ3n) is 4.65. The molecule has 0 aliphatic rings. The van der Waals surface area contributed by atoms with E-state index < -0.39 is 0 Å². The fourth-order valence-electron chi connectivity index (χ4n) is 3.19. The third-order valence-corrected chi connectivity index (χ3v) is 4.65. The van der Waals surface area contributed by atoms with E-state index in [1.165, 1.54) is 11.8 Å². The van der Waals surface area contributed by atoms with Crippen molar-refractivity contribution in [1.82, 2.24) is 20.2 Å². The van der Waals surface area contributed by atoms with Crippen molar-refractivity contribution in [2.24, 2.45) is 10.2 Å². The number of anilines is 4. The zero-order valence-electron chi connectivity index (χ0n) is 18.5. The summed E-state index contributed by atoms with van der Waals surface area (Å²) >= 11 is 0. The lowest BCUT2D eigenvalue weighted by atomic mass is 10.1. The van der Waals surface area contributed by atoms with Gasteiger partial charge < -0.3 is 21.1 Å². The van der Waals surface area contributed by atoms with E-state index >= 15 is 0 Å². The standard InChI is InChI=1S/C21H26N10O/c1-12-8-13(2)16(14(3)9-12)26-20-17(29-31-18-15(10-22)11-25-30-18)19(24-6-5-7-32)27-21(23-4)28-20/h8-9,11,32H,5-7H2,1-4H3,(H,25,30)(H3,23,24,26,27,28). The van der Waals surface area contributed by atoms with Crippen molar-refractivity contribution in [1.29, 1.82) is 5.26 Å². The number of azo groups is 1. The maximum absolute atomic E-state index is 9.21. The summed E-state index contributed by atoms with van der Waals surface area (Å²) in [7, 11) is 1.73. The van der Waals surface area contributed by atoms with Crippen LogP contribution in [0.15, 0.2) is 28.6 Å². The van der Waals surface area contributed by atoms with E-state index in [2.05, 4.69) is 58.5 Å². The molecule has 0 saturated carbocycles. The molecule has 166 valence electrons. The van der Waals surface area contributed by atoms with Crippen LogP contribution in [0.2, 0.25) is 0 Å². The molecule has 3 aromatic rings. The minimum absolute atomic E-state index is 0.0420. The van der Waals surface area contributed by atoms with E-state index in [0.717, 1.165) is 16.8 Å². The highest BCUT2D eigenvalue weighted by atomic mass is 16.3. The van der Waals surface area contributed by atoms with E-state index in [1.54, 1.807) is 7.05 Å². The van der Waals surface area contributed by atoms with E-state index in [4.69, 9.17) is 5.11 Å². The fourth-order valence-corrected chi connectivity index (χ4v) is 3.19. The molecule has 0 radical (unpaired) electrons. The van der Waals surface area contributed by atoms with Gasteiger partial charge in [0.2, 0.25) is 5.95 Å². The highest BCUT2D eigenvalue weighted by Gasteiger charge is 2.17. The summed E-state index contributed by atoms with van der Waals surface area (Å²) in [5.41, 5.74) is 4.83. The number of aliphatic hydroxyl groups excluding tert-OH is 1. The average molecular weight is 435 g/mol. The summed E-state index contributed by atoms with van der Waals surface area (Å²) in [5.74, 6) is 1.50. The number of nitriles is 1. The molecule has 2 heterocycles. The molecule has 5 N–H and O–H groups in total. The molecule has 0 saturated heterocycles. The quantitative estimate of drug-likeness (QED) is 0.250. The summed E-state index contributed by atoms with van der Waals surface area (Å²) in [6, 6.07) is 6.18. The molecule has 3 rings (SSSR count). The first-order valence-corrected chi connectivity index (χ1v) is 10.1. The van der Waals surface area contributed by atoms with Gasteiger partial charge in [-0.1, -0.05) is 17.7 Å². The van der Waals surface area contributed by atoms with Gasteiger partial charge in [0.25, 0.3) is 0 Å². The van der Waals surface area contributed by atoms with Crippen LogP contribution in [0.25, 0.3) is 0 Å². The van der Waals surface area contributed by atoms with Gasteiger partial charge in [0, 0.05) is 25.9 Å². The topological polar surface area (TPSA) is 159 Å². The van der Waals surface area contributed by atoms with Gasteiger partial charge in [-0.05, 0) is 38.3 Å². The molecule has 0 aliphatic carbocycles. The number of benzene rings is 1. The number of aryl methyl sites for hydroxylation is 3. The third kappa shape index (κ3) is 5.16. The highest BCUT2D eigenvalue weighted by Crippen LogP contribution is 2.37. The first-order valence-electron chi connectivity index (χ1n) is 10.1. The molecule has 11 heteroatoms. The predicted octanol–water partition coefficient (Wildman–Crippen LogP) is 3.99. The van der Waals surface area contributed by atoms with Crippen LogP contribution in [0, 0.1) is 32.1 Å². The van der Waals surface area contributed by atoms with E-state index in [9.17, 15) is 5.26 Å². The van der Waals surface area contributed by atoms with Crippen molar-refractivity contribution in [2.75, 3.05) is 36.1 Å². The minimum Gasteiger partial charge on any atom is -0.396 e. The molecule has 0 fully saturated rings. The molecule has 2 aromatic heterocycles. The average Bonchev–Trinajstić information content (AvgIpc) is 3.23. The largest absolute Gasteiger partial charge is 0.396 e. The molecular weight excluding hydrogens is 408 g/mol. The highest BCUT2D eigenvalue weighted by molar-refractivity contribution is 5.80. The van der Waals surface area contributed by atoms with Crippen LogP contribution in [-0.4, -0.2) is 45.5 Å². The van der Waals surface area contributed by atoms with Gasteiger partial charge in [-0.3, -0.25) is 5.10 Å². The van der Waals surface area contributed by atoms with Crippen molar-refractivity contribution in [3.05, 3.63) is 40.6 Å². The smallest absolute Gasteiger partial charge is 0.226 e. The van der Waals surface area contributed by atoms with Crippen molar-refractivity contribution < 1.29 is 5.11 Å². The number of nitrogens with one attached hydrogen (secondary N) is 4. The molecule has 0 unspecified atom stereocenters. The second kappa shape index (κ2) is 10.3. The molecule has 0 aliphatic heterocycles. The summed E-state index contributed by atoms with van der Waals surface area (Å²) in [6.07, 6.45) is 1.92. The molecule has 32 heavy (non-hydrogen) atoms. The molecule has 11 nitrogen and oxygen atoms in total. The summed E-state index contributed by atoms with van der Waals surface area (Å²) in [4.78, 5) is 9.02. The second-order valence-corrected chi connectivity index (χ2v) is 7.19. The molecule has 0 spiro atoms. The number of nitrogens with zero attached hydrogens (tertiary/aromatic N) is 6. The number of aliphatic hydroxyl groups is 1. The van der Waals surface area contributed by atoms with Crippen LogP contribution >= 0.6 is 0 Å². The van der Waals surface area contributed by atoms with E-state index in [-0.39, 0.29) is 18.0 Å². The number of aromatic amines is 1. The normalized spacial score (nSPS) is 10.9. The van der Waals surface area contributed by atoms with Crippen LogP contribution in [0.5, 0.6) is 0 Å². The lowest BCUT2D eigenvalue weighted by Crippen LogP contribution is -2.10. The van der Waals surface area contributed by atoms with Crippen LogP contribution in [0.4, 0.5) is 34.8 Å². The molecule has 0 amide bonds. The zero-order valence-corrected chi connectivity index (χ0v) is 18.5. The minimum atomic E-state index is 0.0420. The number of hydrogen-bond acceptors (Lipinski definition) is 10. The Bertz CT molecular complexity index is 1140. The van der Waals surface area contributed by atoms with Crippen LogP contribution in [0.1, 0.15) is 28.7 Å². The molecule has 1 aromatic carbocycles. The molecule has 0 atom stereocenters. The SMILES string of the molecule is CNc1nc(NCCCO)c(N=Nc2[nH]ncc2C#N)c(Nc2c(C)cc(C)cc2C)n1. The lowest BCUT2D eigenvalue weighted by molar-refractivity contribution is 0.292. The van der Waals surface area contributed by atoms with Crippen LogP contribution < -0.4 is 16.0 Å². The van der Waals surface area contributed by atoms with Gasteiger partial charge in [-0.25, -0.2) is 0 Å². The Morgan fingerprint density at radius 1 is 1.12 bits per heavy atom. The number of aromatic nitrogens is 4. The van der Waals surface area contributed by atoms with Gasteiger partial charge in [0.1, 0.15) is 11.6 Å². The number of H-pyrrole nitrogens is 1. The number of rotatable bonds is 9. The van der Waals surface area contributed by atoms with Crippen molar-refractivity contribution in [2.45, 2.75) is 27.2 Å². The van der Waals surface area contributed by atoms with Gasteiger partial charge in [0.05, 0.1) is 6.20 Å². The Morgan fingerprint density at radius 3 is 2.50 bits per heavy atom.